The number of carbonyl (C=O) groups is 1. The second kappa shape index (κ2) is 9.30. The lowest BCUT2D eigenvalue weighted by molar-refractivity contribution is -0.117. The van der Waals surface area contributed by atoms with Crippen LogP contribution in [0.25, 0.3) is 6.08 Å². The topological polar surface area (TPSA) is 80.6 Å². The summed E-state index contributed by atoms with van der Waals surface area (Å²) >= 11 is 0. The zero-order valence-corrected chi connectivity index (χ0v) is 15.8. The molecule has 27 heavy (non-hydrogen) atoms. The van der Waals surface area contributed by atoms with Gasteiger partial charge in [-0.25, -0.2) is 0 Å². The van der Waals surface area contributed by atoms with Crippen molar-refractivity contribution in [1.82, 2.24) is 5.32 Å². The molecule has 2 rings (SSSR count). The van der Waals surface area contributed by atoms with E-state index in [1.165, 1.54) is 0 Å². The zero-order chi connectivity index (χ0) is 19.8. The van der Waals surface area contributed by atoms with Crippen LogP contribution in [0.4, 0.5) is 0 Å². The summed E-state index contributed by atoms with van der Waals surface area (Å²) in [5.74, 6) is 1.53. The largest absolute Gasteiger partial charge is 0.497 e. The van der Waals surface area contributed by atoms with E-state index in [-0.39, 0.29) is 12.1 Å². The Hall–Kier alpha value is -3.46. The maximum Gasteiger partial charge on any atom is 0.262 e. The van der Waals surface area contributed by atoms with E-state index in [0.29, 0.717) is 11.5 Å². The molecule has 0 fully saturated rings. The lowest BCUT2D eigenvalue weighted by Crippen LogP contribution is -2.24. The van der Waals surface area contributed by atoms with E-state index in [4.69, 9.17) is 14.2 Å². The monoisotopic (exact) mass is 366 g/mol. The number of aryl methyl sites for hydroxylation is 1. The minimum Gasteiger partial charge on any atom is -0.497 e. The molecule has 0 radical (unpaired) electrons. The highest BCUT2D eigenvalue weighted by atomic mass is 16.5. The summed E-state index contributed by atoms with van der Waals surface area (Å²) in [5, 5.41) is 12.1. The summed E-state index contributed by atoms with van der Waals surface area (Å²) in [4.78, 5) is 12.4. The number of nitriles is 1. The van der Waals surface area contributed by atoms with Crippen LogP contribution >= 0.6 is 0 Å². The molecule has 0 saturated carbocycles. The van der Waals surface area contributed by atoms with Crippen molar-refractivity contribution in [2.24, 2.45) is 0 Å². The van der Waals surface area contributed by atoms with E-state index < -0.39 is 5.91 Å². The van der Waals surface area contributed by atoms with Crippen molar-refractivity contribution in [3.05, 3.63) is 58.7 Å². The van der Waals surface area contributed by atoms with Crippen LogP contribution in [0.2, 0.25) is 0 Å². The standard InChI is InChI=1S/C21H22N2O4/c1-14-9-18(25-2)7-5-15(14)10-17(12-22)21(24)23-13-16-6-8-19(26-3)11-20(16)27-4/h5-11H,13H2,1-4H3,(H,23,24)/b17-10+. The van der Waals surface area contributed by atoms with Crippen molar-refractivity contribution < 1.29 is 19.0 Å². The van der Waals surface area contributed by atoms with Gasteiger partial charge in [-0.05, 0) is 48.4 Å². The van der Waals surface area contributed by atoms with Gasteiger partial charge in [-0.2, -0.15) is 5.26 Å². The molecule has 0 aliphatic carbocycles. The highest BCUT2D eigenvalue weighted by Gasteiger charge is 2.12. The maximum atomic E-state index is 12.4. The predicted octanol–water partition coefficient (Wildman–Crippen LogP) is 3.24. The Morgan fingerprint density at radius 2 is 1.74 bits per heavy atom. The number of ether oxygens (including phenoxy) is 3. The van der Waals surface area contributed by atoms with E-state index in [2.05, 4.69) is 5.32 Å². The number of nitrogens with zero attached hydrogens (tertiary/aromatic N) is 1. The first-order valence-corrected chi connectivity index (χ1v) is 8.28. The molecule has 140 valence electrons. The number of hydrogen-bond acceptors (Lipinski definition) is 5. The third-order valence-electron chi connectivity index (χ3n) is 4.08. The van der Waals surface area contributed by atoms with Gasteiger partial charge in [0.2, 0.25) is 0 Å². The third-order valence-corrected chi connectivity index (χ3v) is 4.08. The molecule has 0 aromatic heterocycles. The first kappa shape index (κ1) is 19.9. The molecule has 1 amide bonds. The molecule has 0 bridgehead atoms. The summed E-state index contributed by atoms with van der Waals surface area (Å²) in [6.45, 7) is 2.12. The maximum absolute atomic E-state index is 12.4. The van der Waals surface area contributed by atoms with Gasteiger partial charge in [0.1, 0.15) is 28.9 Å². The van der Waals surface area contributed by atoms with Gasteiger partial charge in [0.15, 0.2) is 0 Å². The van der Waals surface area contributed by atoms with Gasteiger partial charge in [0.05, 0.1) is 21.3 Å². The number of methoxy groups -OCH3 is 3. The van der Waals surface area contributed by atoms with Crippen LogP contribution in [0.1, 0.15) is 16.7 Å². The number of benzene rings is 2. The van der Waals surface area contributed by atoms with Crippen molar-refractivity contribution in [1.29, 1.82) is 5.26 Å². The molecular formula is C21H22N2O4. The molecule has 0 aliphatic heterocycles. The Kier molecular flexibility index (Phi) is 6.84. The van der Waals surface area contributed by atoms with Crippen LogP contribution in [-0.2, 0) is 11.3 Å². The van der Waals surface area contributed by atoms with Crippen LogP contribution in [0.15, 0.2) is 42.0 Å². The van der Waals surface area contributed by atoms with Crippen molar-refractivity contribution in [3.8, 4) is 23.3 Å². The van der Waals surface area contributed by atoms with Gasteiger partial charge in [-0.1, -0.05) is 6.07 Å². The number of amides is 1. The van der Waals surface area contributed by atoms with E-state index in [1.54, 1.807) is 51.7 Å². The van der Waals surface area contributed by atoms with E-state index in [0.717, 1.165) is 22.4 Å². The normalized spacial score (nSPS) is 10.7. The van der Waals surface area contributed by atoms with Crippen LogP contribution in [0.5, 0.6) is 17.2 Å². The molecule has 2 aromatic carbocycles. The Balaban J connectivity index is 2.15. The Morgan fingerprint density at radius 3 is 2.33 bits per heavy atom. The Morgan fingerprint density at radius 1 is 1.07 bits per heavy atom. The number of hydrogen-bond donors (Lipinski definition) is 1. The second-order valence-corrected chi connectivity index (χ2v) is 5.75. The molecule has 1 N–H and O–H groups in total. The van der Waals surface area contributed by atoms with Gasteiger partial charge < -0.3 is 19.5 Å². The smallest absolute Gasteiger partial charge is 0.262 e. The highest BCUT2D eigenvalue weighted by Crippen LogP contribution is 2.24. The van der Waals surface area contributed by atoms with Crippen molar-refractivity contribution in [2.45, 2.75) is 13.5 Å². The molecule has 0 spiro atoms. The van der Waals surface area contributed by atoms with E-state index in [1.807, 2.05) is 25.1 Å². The molecule has 0 aliphatic rings. The van der Waals surface area contributed by atoms with E-state index >= 15 is 0 Å². The summed E-state index contributed by atoms with van der Waals surface area (Å²) in [5.41, 5.74) is 2.50. The number of carbonyl (C=O) groups excluding carboxylic acids is 1. The molecule has 6 nitrogen and oxygen atoms in total. The first-order chi connectivity index (χ1) is 13.0. The third kappa shape index (κ3) is 5.02. The quantitative estimate of drug-likeness (QED) is 0.601. The average molecular weight is 366 g/mol. The lowest BCUT2D eigenvalue weighted by Gasteiger charge is -2.11. The fraction of sp³-hybridized carbons (Fsp3) is 0.238. The van der Waals surface area contributed by atoms with Gasteiger partial charge in [0, 0.05) is 18.2 Å². The van der Waals surface area contributed by atoms with Gasteiger partial charge >= 0.3 is 0 Å². The van der Waals surface area contributed by atoms with Crippen LogP contribution in [0.3, 0.4) is 0 Å². The van der Waals surface area contributed by atoms with Crippen molar-refractivity contribution in [3.63, 3.8) is 0 Å². The minimum absolute atomic E-state index is 0.0238. The van der Waals surface area contributed by atoms with Gasteiger partial charge in [-0.3, -0.25) is 4.79 Å². The Labute approximate surface area is 159 Å². The fourth-order valence-electron chi connectivity index (χ4n) is 2.51. The van der Waals surface area contributed by atoms with Gasteiger partial charge in [-0.15, -0.1) is 0 Å². The highest BCUT2D eigenvalue weighted by molar-refractivity contribution is 6.01. The molecule has 0 unspecified atom stereocenters. The van der Waals surface area contributed by atoms with Crippen LogP contribution in [-0.4, -0.2) is 27.2 Å². The van der Waals surface area contributed by atoms with Crippen LogP contribution < -0.4 is 19.5 Å². The zero-order valence-electron chi connectivity index (χ0n) is 15.8. The van der Waals surface area contributed by atoms with Crippen molar-refractivity contribution >= 4 is 12.0 Å². The SMILES string of the molecule is COc1ccc(/C=C(\C#N)C(=O)NCc2ccc(OC)cc2OC)c(C)c1. The number of nitrogens with one attached hydrogen (secondary N) is 1. The minimum atomic E-state index is -0.453. The molecule has 0 atom stereocenters. The molecular weight excluding hydrogens is 344 g/mol. The summed E-state index contributed by atoms with van der Waals surface area (Å²) in [6, 6.07) is 12.7. The number of rotatable bonds is 7. The van der Waals surface area contributed by atoms with Crippen LogP contribution in [0, 0.1) is 18.3 Å². The molecule has 2 aromatic rings. The average Bonchev–Trinajstić information content (AvgIpc) is 2.70. The summed E-state index contributed by atoms with van der Waals surface area (Å²) in [6.07, 6.45) is 1.56. The molecule has 0 heterocycles. The second-order valence-electron chi connectivity index (χ2n) is 5.75. The fourth-order valence-corrected chi connectivity index (χ4v) is 2.51. The first-order valence-electron chi connectivity index (χ1n) is 8.28. The lowest BCUT2D eigenvalue weighted by atomic mass is 10.1. The summed E-state index contributed by atoms with van der Waals surface area (Å²) < 4.78 is 15.6. The predicted molar refractivity (Wildman–Crippen MR) is 103 cm³/mol. The Bertz CT molecular complexity index is 898. The molecule has 6 heteroatoms. The summed E-state index contributed by atoms with van der Waals surface area (Å²) in [7, 11) is 4.71. The molecule has 0 saturated heterocycles. The van der Waals surface area contributed by atoms with E-state index in [9.17, 15) is 10.1 Å². The van der Waals surface area contributed by atoms with Gasteiger partial charge in [0.25, 0.3) is 5.91 Å². The van der Waals surface area contributed by atoms with Crippen molar-refractivity contribution in [2.75, 3.05) is 21.3 Å².